The maximum Gasteiger partial charge on any atom is 0.330 e. The van der Waals surface area contributed by atoms with Gasteiger partial charge in [0.1, 0.15) is 0 Å². The number of rotatable bonds is 3. The summed E-state index contributed by atoms with van der Waals surface area (Å²) in [5, 5.41) is 2.63. The quantitative estimate of drug-likeness (QED) is 0.899. The van der Waals surface area contributed by atoms with E-state index in [2.05, 4.69) is 5.32 Å². The standard InChI is InChI=1S/C15H15N3O2/c16-14(19)18(11-12-7-3-1-4-8-12)15(20)17-13-9-5-2-6-10-13/h1-10H,11H2,(H2,16,19)(H,17,20). The molecule has 102 valence electrons. The van der Waals surface area contributed by atoms with Crippen LogP contribution in [0, 0.1) is 0 Å². The van der Waals surface area contributed by atoms with Gasteiger partial charge in [-0.3, -0.25) is 0 Å². The fourth-order valence-electron chi connectivity index (χ4n) is 1.73. The van der Waals surface area contributed by atoms with E-state index in [0.717, 1.165) is 10.5 Å². The Bertz CT molecular complexity index is 585. The lowest BCUT2D eigenvalue weighted by atomic mass is 10.2. The van der Waals surface area contributed by atoms with Crippen molar-refractivity contribution in [3.63, 3.8) is 0 Å². The van der Waals surface area contributed by atoms with Crippen LogP contribution in [0.5, 0.6) is 0 Å². The monoisotopic (exact) mass is 269 g/mol. The van der Waals surface area contributed by atoms with Crippen molar-refractivity contribution >= 4 is 17.7 Å². The summed E-state index contributed by atoms with van der Waals surface area (Å²) in [7, 11) is 0. The lowest BCUT2D eigenvalue weighted by Gasteiger charge is -2.19. The van der Waals surface area contributed by atoms with E-state index in [9.17, 15) is 9.59 Å². The summed E-state index contributed by atoms with van der Waals surface area (Å²) in [5.41, 5.74) is 6.70. The molecule has 0 saturated heterocycles. The minimum atomic E-state index is -0.790. The predicted octanol–water partition coefficient (Wildman–Crippen LogP) is 2.80. The van der Waals surface area contributed by atoms with Gasteiger partial charge < -0.3 is 11.1 Å². The van der Waals surface area contributed by atoms with Crippen LogP contribution in [0.4, 0.5) is 15.3 Å². The number of nitrogens with zero attached hydrogens (tertiary/aromatic N) is 1. The molecule has 0 atom stereocenters. The zero-order valence-electron chi connectivity index (χ0n) is 10.8. The van der Waals surface area contributed by atoms with Crippen LogP contribution in [0.1, 0.15) is 5.56 Å². The second kappa shape index (κ2) is 6.38. The number of primary amides is 1. The largest absolute Gasteiger partial charge is 0.351 e. The highest BCUT2D eigenvalue weighted by atomic mass is 16.2. The number of hydrogen-bond donors (Lipinski definition) is 2. The third kappa shape index (κ3) is 3.58. The average molecular weight is 269 g/mol. The molecule has 0 saturated carbocycles. The summed E-state index contributed by atoms with van der Waals surface area (Å²) >= 11 is 0. The van der Waals surface area contributed by atoms with Crippen LogP contribution in [0.25, 0.3) is 0 Å². The Hall–Kier alpha value is -2.82. The summed E-state index contributed by atoms with van der Waals surface area (Å²) in [6.45, 7) is 0.134. The summed E-state index contributed by atoms with van der Waals surface area (Å²) in [6, 6.07) is 16.7. The second-order valence-corrected chi connectivity index (χ2v) is 4.21. The number of carbonyl (C=O) groups excluding carboxylic acids is 2. The maximum atomic E-state index is 12.1. The van der Waals surface area contributed by atoms with Crippen LogP contribution in [0.3, 0.4) is 0 Å². The number of benzene rings is 2. The van der Waals surface area contributed by atoms with Gasteiger partial charge in [-0.15, -0.1) is 0 Å². The van der Waals surface area contributed by atoms with Crippen molar-refractivity contribution in [2.24, 2.45) is 5.73 Å². The smallest absolute Gasteiger partial charge is 0.330 e. The molecule has 5 heteroatoms. The normalized spacial score (nSPS) is 9.80. The molecule has 3 N–H and O–H groups in total. The Labute approximate surface area is 117 Å². The van der Waals surface area contributed by atoms with Crippen LogP contribution in [-0.2, 0) is 6.54 Å². The molecule has 5 nitrogen and oxygen atoms in total. The number of urea groups is 2. The number of nitrogens with one attached hydrogen (secondary N) is 1. The molecule has 0 spiro atoms. The molecule has 0 aromatic heterocycles. The number of anilines is 1. The highest BCUT2D eigenvalue weighted by molar-refractivity contribution is 6.00. The Morgan fingerprint density at radius 3 is 2.05 bits per heavy atom. The molecule has 2 aromatic carbocycles. The van der Waals surface area contributed by atoms with Crippen LogP contribution in [0.15, 0.2) is 60.7 Å². The van der Waals surface area contributed by atoms with Gasteiger partial charge in [0, 0.05) is 5.69 Å². The molecule has 4 amide bonds. The van der Waals surface area contributed by atoms with Gasteiger partial charge in [-0.05, 0) is 17.7 Å². The van der Waals surface area contributed by atoms with Gasteiger partial charge in [-0.2, -0.15) is 0 Å². The highest BCUT2D eigenvalue weighted by Crippen LogP contribution is 2.09. The van der Waals surface area contributed by atoms with Gasteiger partial charge in [0.2, 0.25) is 0 Å². The Kier molecular flexibility index (Phi) is 4.34. The minimum absolute atomic E-state index is 0.134. The molecule has 2 aromatic rings. The van der Waals surface area contributed by atoms with Crippen LogP contribution < -0.4 is 11.1 Å². The molecule has 0 heterocycles. The van der Waals surface area contributed by atoms with E-state index >= 15 is 0 Å². The van der Waals surface area contributed by atoms with E-state index in [1.54, 1.807) is 24.3 Å². The van der Waals surface area contributed by atoms with Crippen molar-refractivity contribution in [3.05, 3.63) is 66.2 Å². The minimum Gasteiger partial charge on any atom is -0.351 e. The third-order valence-electron chi connectivity index (χ3n) is 2.72. The van der Waals surface area contributed by atoms with Gasteiger partial charge in [-0.1, -0.05) is 48.5 Å². The third-order valence-corrected chi connectivity index (χ3v) is 2.72. The van der Waals surface area contributed by atoms with Crippen LogP contribution in [0.2, 0.25) is 0 Å². The molecular formula is C15H15N3O2. The van der Waals surface area contributed by atoms with E-state index in [0.29, 0.717) is 5.69 Å². The maximum absolute atomic E-state index is 12.1. The second-order valence-electron chi connectivity index (χ2n) is 4.21. The van der Waals surface area contributed by atoms with Crippen molar-refractivity contribution < 1.29 is 9.59 Å². The average Bonchev–Trinajstić information content (AvgIpc) is 2.46. The van der Waals surface area contributed by atoms with Gasteiger partial charge in [0.25, 0.3) is 0 Å². The molecule has 2 rings (SSSR count). The Balaban J connectivity index is 2.09. The first-order valence-electron chi connectivity index (χ1n) is 6.14. The summed E-state index contributed by atoms with van der Waals surface area (Å²) in [4.78, 5) is 24.5. The first kappa shape index (κ1) is 13.6. The first-order valence-corrected chi connectivity index (χ1v) is 6.14. The zero-order valence-corrected chi connectivity index (χ0v) is 10.8. The fraction of sp³-hybridized carbons (Fsp3) is 0.0667. The van der Waals surface area contributed by atoms with Crippen molar-refractivity contribution in [3.8, 4) is 0 Å². The molecule has 0 aliphatic rings. The number of nitrogens with two attached hydrogens (primary N) is 1. The van der Waals surface area contributed by atoms with Crippen molar-refractivity contribution in [2.45, 2.75) is 6.54 Å². The summed E-state index contributed by atoms with van der Waals surface area (Å²) < 4.78 is 0. The molecule has 0 bridgehead atoms. The Morgan fingerprint density at radius 2 is 1.50 bits per heavy atom. The van der Waals surface area contributed by atoms with E-state index in [1.807, 2.05) is 36.4 Å². The number of amides is 4. The van der Waals surface area contributed by atoms with Crippen LogP contribution >= 0.6 is 0 Å². The van der Waals surface area contributed by atoms with E-state index in [1.165, 1.54) is 0 Å². The number of para-hydroxylation sites is 1. The van der Waals surface area contributed by atoms with Gasteiger partial charge in [-0.25, -0.2) is 14.5 Å². The number of carbonyl (C=O) groups is 2. The summed E-state index contributed by atoms with van der Waals surface area (Å²) in [6.07, 6.45) is 0. The fourth-order valence-corrected chi connectivity index (χ4v) is 1.73. The SMILES string of the molecule is NC(=O)N(Cc1ccccc1)C(=O)Nc1ccccc1. The topological polar surface area (TPSA) is 75.4 Å². The van der Waals surface area contributed by atoms with Gasteiger partial charge in [0.05, 0.1) is 6.54 Å². The van der Waals surface area contributed by atoms with E-state index < -0.39 is 12.1 Å². The number of imide groups is 1. The first-order chi connectivity index (χ1) is 9.66. The lowest BCUT2D eigenvalue weighted by molar-refractivity contribution is 0.198. The van der Waals surface area contributed by atoms with Gasteiger partial charge in [0.15, 0.2) is 0 Å². The molecule has 0 unspecified atom stereocenters. The van der Waals surface area contributed by atoms with E-state index in [-0.39, 0.29) is 6.54 Å². The van der Waals surface area contributed by atoms with E-state index in [4.69, 9.17) is 5.73 Å². The highest BCUT2D eigenvalue weighted by Gasteiger charge is 2.19. The van der Waals surface area contributed by atoms with Crippen molar-refractivity contribution in [1.82, 2.24) is 4.90 Å². The molecule has 0 radical (unpaired) electrons. The lowest BCUT2D eigenvalue weighted by Crippen LogP contribution is -2.42. The van der Waals surface area contributed by atoms with Gasteiger partial charge >= 0.3 is 12.1 Å². The molecular weight excluding hydrogens is 254 g/mol. The molecule has 0 fully saturated rings. The molecule has 0 aliphatic heterocycles. The molecule has 0 aliphatic carbocycles. The number of hydrogen-bond acceptors (Lipinski definition) is 2. The van der Waals surface area contributed by atoms with Crippen molar-refractivity contribution in [1.29, 1.82) is 0 Å². The zero-order chi connectivity index (χ0) is 14.4. The van der Waals surface area contributed by atoms with Crippen molar-refractivity contribution in [2.75, 3.05) is 5.32 Å². The predicted molar refractivity (Wildman–Crippen MR) is 77.0 cm³/mol. The Morgan fingerprint density at radius 1 is 0.950 bits per heavy atom. The summed E-state index contributed by atoms with van der Waals surface area (Å²) in [5.74, 6) is 0. The van der Waals surface area contributed by atoms with Crippen LogP contribution in [-0.4, -0.2) is 17.0 Å². The molecule has 20 heavy (non-hydrogen) atoms.